The molecule has 8 heteroatoms. The predicted molar refractivity (Wildman–Crippen MR) is 104 cm³/mol. The van der Waals surface area contributed by atoms with Crippen LogP contribution in [-0.2, 0) is 25.5 Å². The summed E-state index contributed by atoms with van der Waals surface area (Å²) in [6, 6.07) is 11.7. The minimum Gasteiger partial charge on any atom is -0.468 e. The summed E-state index contributed by atoms with van der Waals surface area (Å²) in [5, 5.41) is 2.04. The van der Waals surface area contributed by atoms with E-state index in [0.717, 1.165) is 11.1 Å². The second-order valence-corrected chi connectivity index (χ2v) is 6.45. The van der Waals surface area contributed by atoms with Crippen LogP contribution in [0.25, 0.3) is 6.08 Å². The number of hydrogen-bond donors (Lipinski definition) is 2. The summed E-state index contributed by atoms with van der Waals surface area (Å²) in [5.74, 6) is 0.147. The van der Waals surface area contributed by atoms with Gasteiger partial charge in [-0.05, 0) is 60.4 Å². The molecular weight excluding hydrogens is 376 g/mol. The zero-order chi connectivity index (χ0) is 21.0. The Morgan fingerprint density at radius 3 is 2.45 bits per heavy atom. The van der Waals surface area contributed by atoms with Crippen LogP contribution in [0.15, 0.2) is 48.2 Å². The van der Waals surface area contributed by atoms with E-state index >= 15 is 0 Å². The van der Waals surface area contributed by atoms with E-state index in [1.54, 1.807) is 30.3 Å². The molecule has 0 aromatic heterocycles. The number of aryl methyl sites for hydroxylation is 1. The van der Waals surface area contributed by atoms with E-state index in [4.69, 9.17) is 15.2 Å². The first kappa shape index (κ1) is 20.1. The van der Waals surface area contributed by atoms with Gasteiger partial charge in [-0.3, -0.25) is 14.9 Å². The summed E-state index contributed by atoms with van der Waals surface area (Å²) >= 11 is 0. The molecule has 3 rings (SSSR count). The first-order valence-corrected chi connectivity index (χ1v) is 8.81. The number of nitrogens with two attached hydrogens (primary N) is 1. The van der Waals surface area contributed by atoms with Crippen molar-refractivity contribution in [2.75, 3.05) is 7.11 Å². The Morgan fingerprint density at radius 1 is 1.17 bits per heavy atom. The molecule has 1 saturated heterocycles. The summed E-state index contributed by atoms with van der Waals surface area (Å²) in [5.41, 5.74) is 8.37. The van der Waals surface area contributed by atoms with Gasteiger partial charge in [0.15, 0.2) is 5.76 Å². The molecular formula is C21H20N2O6. The molecule has 0 radical (unpaired) electrons. The fourth-order valence-electron chi connectivity index (χ4n) is 2.77. The number of imide groups is 1. The Morgan fingerprint density at radius 2 is 1.86 bits per heavy atom. The monoisotopic (exact) mass is 396 g/mol. The number of carbonyl (C=O) groups excluding carboxylic acids is 3. The van der Waals surface area contributed by atoms with Crippen LogP contribution in [0.3, 0.4) is 0 Å². The van der Waals surface area contributed by atoms with E-state index in [0.29, 0.717) is 23.5 Å². The zero-order valence-electron chi connectivity index (χ0n) is 15.9. The smallest absolute Gasteiger partial charge is 0.419 e. The second kappa shape index (κ2) is 8.57. The van der Waals surface area contributed by atoms with Crippen molar-refractivity contribution in [1.29, 1.82) is 0 Å². The topological polar surface area (TPSA) is 117 Å². The highest BCUT2D eigenvalue weighted by Gasteiger charge is 2.25. The SMILES string of the molecule is COC(=O)C(N)Cc1ccc(Oc2ccc(C=C3OC(=O)NC3=O)cc2)cc1C. The number of methoxy groups -OCH3 is 1. The molecule has 2 amide bonds. The average molecular weight is 396 g/mol. The Hall–Kier alpha value is -3.65. The molecule has 1 aliphatic rings. The minimum atomic E-state index is -0.785. The third-order valence-corrected chi connectivity index (χ3v) is 4.31. The van der Waals surface area contributed by atoms with Gasteiger partial charge in [-0.2, -0.15) is 0 Å². The summed E-state index contributed by atoms with van der Waals surface area (Å²) < 4.78 is 15.3. The normalized spacial score (nSPS) is 15.6. The Balaban J connectivity index is 1.66. The van der Waals surface area contributed by atoms with Crippen molar-refractivity contribution in [3.63, 3.8) is 0 Å². The number of ether oxygens (including phenoxy) is 3. The molecule has 0 bridgehead atoms. The van der Waals surface area contributed by atoms with Crippen molar-refractivity contribution in [3.05, 3.63) is 64.9 Å². The van der Waals surface area contributed by atoms with Crippen molar-refractivity contribution in [2.24, 2.45) is 5.73 Å². The van der Waals surface area contributed by atoms with Crippen molar-refractivity contribution in [3.8, 4) is 11.5 Å². The molecule has 3 N–H and O–H groups in total. The molecule has 0 aliphatic carbocycles. The number of nitrogens with one attached hydrogen (secondary N) is 1. The van der Waals surface area contributed by atoms with E-state index in [2.05, 4.69) is 4.74 Å². The van der Waals surface area contributed by atoms with Gasteiger partial charge in [0, 0.05) is 0 Å². The molecule has 0 spiro atoms. The lowest BCUT2D eigenvalue weighted by atomic mass is 10.0. The molecule has 150 valence electrons. The standard InChI is InChI=1S/C21H20N2O6/c1-12-9-16(8-5-14(12)11-17(22)20(25)27-2)28-15-6-3-13(4-7-15)10-18-19(24)23-21(26)29-18/h3-10,17H,11,22H2,1-2H3,(H,23,24,26). The van der Waals surface area contributed by atoms with E-state index in [1.165, 1.54) is 13.2 Å². The summed E-state index contributed by atoms with van der Waals surface area (Å²) in [7, 11) is 1.31. The van der Waals surface area contributed by atoms with E-state index in [9.17, 15) is 14.4 Å². The maximum atomic E-state index is 11.5. The van der Waals surface area contributed by atoms with Gasteiger partial charge in [-0.25, -0.2) is 4.79 Å². The van der Waals surface area contributed by atoms with Crippen molar-refractivity contribution >= 4 is 24.0 Å². The zero-order valence-corrected chi connectivity index (χ0v) is 15.9. The third-order valence-electron chi connectivity index (χ3n) is 4.31. The van der Waals surface area contributed by atoms with Crippen molar-refractivity contribution in [2.45, 2.75) is 19.4 Å². The van der Waals surface area contributed by atoms with Gasteiger partial charge in [0.1, 0.15) is 17.5 Å². The van der Waals surface area contributed by atoms with Gasteiger partial charge in [0.2, 0.25) is 0 Å². The van der Waals surface area contributed by atoms with Crippen LogP contribution in [0, 0.1) is 6.92 Å². The lowest BCUT2D eigenvalue weighted by molar-refractivity contribution is -0.142. The molecule has 1 aliphatic heterocycles. The van der Waals surface area contributed by atoms with Crippen LogP contribution in [0.1, 0.15) is 16.7 Å². The number of benzene rings is 2. The van der Waals surface area contributed by atoms with Crippen LogP contribution in [0.4, 0.5) is 4.79 Å². The third kappa shape index (κ3) is 4.99. The van der Waals surface area contributed by atoms with Gasteiger partial charge >= 0.3 is 12.1 Å². The highest BCUT2D eigenvalue weighted by molar-refractivity contribution is 6.09. The molecule has 8 nitrogen and oxygen atoms in total. The molecule has 1 atom stereocenters. The maximum absolute atomic E-state index is 11.5. The molecule has 1 heterocycles. The molecule has 0 saturated carbocycles. The van der Waals surface area contributed by atoms with Crippen molar-refractivity contribution in [1.82, 2.24) is 5.32 Å². The summed E-state index contributed by atoms with van der Waals surface area (Å²) in [4.78, 5) is 34.0. The summed E-state index contributed by atoms with van der Waals surface area (Å²) in [6.45, 7) is 1.91. The number of carbonyl (C=O) groups is 3. The van der Waals surface area contributed by atoms with Crippen LogP contribution in [-0.4, -0.2) is 31.1 Å². The molecule has 1 fully saturated rings. The van der Waals surface area contributed by atoms with Crippen LogP contribution < -0.4 is 15.8 Å². The quantitative estimate of drug-likeness (QED) is 0.569. The number of rotatable bonds is 6. The van der Waals surface area contributed by atoms with Crippen LogP contribution >= 0.6 is 0 Å². The summed E-state index contributed by atoms with van der Waals surface area (Å²) in [6.07, 6.45) is 1.06. The molecule has 2 aromatic carbocycles. The molecule has 1 unspecified atom stereocenters. The van der Waals surface area contributed by atoms with Gasteiger partial charge in [0.25, 0.3) is 5.91 Å². The van der Waals surface area contributed by atoms with Gasteiger partial charge in [-0.1, -0.05) is 18.2 Å². The van der Waals surface area contributed by atoms with Crippen LogP contribution in [0.2, 0.25) is 0 Å². The lowest BCUT2D eigenvalue weighted by Gasteiger charge is -2.13. The highest BCUT2D eigenvalue weighted by atomic mass is 16.6. The Kier molecular flexibility index (Phi) is 5.94. The van der Waals surface area contributed by atoms with E-state index in [1.807, 2.05) is 24.4 Å². The van der Waals surface area contributed by atoms with Gasteiger partial charge in [0.05, 0.1) is 7.11 Å². The fraction of sp³-hybridized carbons (Fsp3) is 0.190. The van der Waals surface area contributed by atoms with Crippen molar-refractivity contribution < 1.29 is 28.6 Å². The largest absolute Gasteiger partial charge is 0.468 e. The number of hydrogen-bond acceptors (Lipinski definition) is 7. The number of cyclic esters (lactones) is 1. The van der Waals surface area contributed by atoms with Crippen LogP contribution in [0.5, 0.6) is 11.5 Å². The number of alkyl carbamates (subject to hydrolysis) is 1. The number of amides is 2. The lowest BCUT2D eigenvalue weighted by Crippen LogP contribution is -2.33. The first-order chi connectivity index (χ1) is 13.9. The first-order valence-electron chi connectivity index (χ1n) is 8.81. The highest BCUT2D eigenvalue weighted by Crippen LogP contribution is 2.25. The molecule has 29 heavy (non-hydrogen) atoms. The Bertz CT molecular complexity index is 981. The maximum Gasteiger partial charge on any atom is 0.419 e. The van der Waals surface area contributed by atoms with E-state index < -0.39 is 24.0 Å². The van der Waals surface area contributed by atoms with Gasteiger partial charge < -0.3 is 19.9 Å². The Labute approximate surface area is 167 Å². The van der Waals surface area contributed by atoms with E-state index in [-0.39, 0.29) is 5.76 Å². The number of esters is 1. The van der Waals surface area contributed by atoms with Gasteiger partial charge in [-0.15, -0.1) is 0 Å². The minimum absolute atomic E-state index is 0.0555. The molecule has 2 aromatic rings. The average Bonchev–Trinajstić information content (AvgIpc) is 3.01. The second-order valence-electron chi connectivity index (χ2n) is 6.45. The fourth-order valence-corrected chi connectivity index (χ4v) is 2.77. The predicted octanol–water partition coefficient (Wildman–Crippen LogP) is 2.44.